The topological polar surface area (TPSA) is 81.6 Å². The van der Waals surface area contributed by atoms with Crippen molar-refractivity contribution in [3.05, 3.63) is 47.3 Å². The minimum atomic E-state index is -0.986. The van der Waals surface area contributed by atoms with Crippen LogP contribution in [0.3, 0.4) is 0 Å². The van der Waals surface area contributed by atoms with Crippen LogP contribution in [0.2, 0.25) is 0 Å². The van der Waals surface area contributed by atoms with Crippen LogP contribution < -0.4 is 10.2 Å². The van der Waals surface area contributed by atoms with Gasteiger partial charge in [0.15, 0.2) is 0 Å². The van der Waals surface area contributed by atoms with Crippen LogP contribution in [-0.2, 0) is 6.54 Å². The minimum absolute atomic E-state index is 0.177. The van der Waals surface area contributed by atoms with Crippen molar-refractivity contribution in [1.82, 2.24) is 14.9 Å². The third kappa shape index (κ3) is 4.06. The average Bonchev–Trinajstić information content (AvgIpc) is 2.61. The summed E-state index contributed by atoms with van der Waals surface area (Å²) >= 11 is 0. The van der Waals surface area contributed by atoms with Crippen molar-refractivity contribution in [2.75, 3.05) is 43.4 Å². The zero-order valence-corrected chi connectivity index (χ0v) is 14.6. The smallest absolute Gasteiger partial charge is 0.339 e. The molecular formula is C18H23N5O2. The number of hydrogen-bond donors (Lipinski definition) is 2. The molecular weight excluding hydrogens is 318 g/mol. The van der Waals surface area contributed by atoms with Crippen LogP contribution in [0.1, 0.15) is 21.6 Å². The van der Waals surface area contributed by atoms with Crippen LogP contribution >= 0.6 is 0 Å². The molecule has 0 bridgehead atoms. The molecule has 7 heteroatoms. The number of nitrogens with zero attached hydrogens (tertiary/aromatic N) is 4. The van der Waals surface area contributed by atoms with Crippen LogP contribution in [0.25, 0.3) is 0 Å². The molecule has 0 amide bonds. The van der Waals surface area contributed by atoms with Crippen LogP contribution in [0.15, 0.2) is 30.5 Å². The second kappa shape index (κ2) is 7.48. The van der Waals surface area contributed by atoms with Crippen molar-refractivity contribution in [2.45, 2.75) is 13.5 Å². The fourth-order valence-electron chi connectivity index (χ4n) is 2.91. The molecule has 25 heavy (non-hydrogen) atoms. The normalized spacial score (nSPS) is 15.2. The van der Waals surface area contributed by atoms with E-state index in [-0.39, 0.29) is 5.56 Å². The number of likely N-dealkylation sites (N-methyl/N-ethyl adjacent to an activating group) is 1. The molecule has 0 unspecified atom stereocenters. The number of carboxylic acids is 1. The summed E-state index contributed by atoms with van der Waals surface area (Å²) in [6.45, 7) is 6.20. The Bertz CT molecular complexity index is 757. The van der Waals surface area contributed by atoms with E-state index >= 15 is 0 Å². The summed E-state index contributed by atoms with van der Waals surface area (Å²) < 4.78 is 0. The number of nitrogens with one attached hydrogen (secondary N) is 1. The largest absolute Gasteiger partial charge is 0.478 e. The van der Waals surface area contributed by atoms with E-state index in [1.165, 1.54) is 0 Å². The SMILES string of the molecule is Cc1ccc(C(=O)O)c(NCc2cccnc2N2CCN(C)CC2)n1. The molecule has 2 N–H and O–H groups in total. The van der Waals surface area contributed by atoms with Crippen molar-refractivity contribution < 1.29 is 9.90 Å². The molecule has 0 saturated carbocycles. The first-order valence-corrected chi connectivity index (χ1v) is 8.37. The van der Waals surface area contributed by atoms with Crippen molar-refractivity contribution in [3.63, 3.8) is 0 Å². The van der Waals surface area contributed by atoms with E-state index in [0.29, 0.717) is 12.4 Å². The first-order valence-electron chi connectivity index (χ1n) is 8.37. The highest BCUT2D eigenvalue weighted by atomic mass is 16.4. The van der Waals surface area contributed by atoms with Gasteiger partial charge in [0.2, 0.25) is 0 Å². The van der Waals surface area contributed by atoms with E-state index < -0.39 is 5.97 Å². The highest BCUT2D eigenvalue weighted by molar-refractivity contribution is 5.93. The number of carboxylic acid groups (broad SMARTS) is 1. The van der Waals surface area contributed by atoms with Crippen molar-refractivity contribution in [2.24, 2.45) is 0 Å². The van der Waals surface area contributed by atoms with E-state index in [0.717, 1.165) is 43.3 Å². The number of anilines is 2. The molecule has 7 nitrogen and oxygen atoms in total. The lowest BCUT2D eigenvalue weighted by Crippen LogP contribution is -2.45. The molecule has 2 aromatic rings. The first kappa shape index (κ1) is 17.2. The van der Waals surface area contributed by atoms with Gasteiger partial charge in [0.05, 0.1) is 0 Å². The fourth-order valence-corrected chi connectivity index (χ4v) is 2.91. The minimum Gasteiger partial charge on any atom is -0.478 e. The lowest BCUT2D eigenvalue weighted by molar-refractivity contribution is 0.0697. The van der Waals surface area contributed by atoms with E-state index in [2.05, 4.69) is 32.1 Å². The summed E-state index contributed by atoms with van der Waals surface area (Å²) in [5.74, 6) is 0.355. The van der Waals surface area contributed by atoms with Gasteiger partial charge in [0.25, 0.3) is 0 Å². The first-order chi connectivity index (χ1) is 12.0. The van der Waals surface area contributed by atoms with Crippen molar-refractivity contribution >= 4 is 17.6 Å². The molecule has 0 atom stereocenters. The van der Waals surface area contributed by atoms with E-state index in [1.54, 1.807) is 18.3 Å². The molecule has 1 aliphatic rings. The zero-order chi connectivity index (χ0) is 17.8. The van der Waals surface area contributed by atoms with Crippen LogP contribution in [0, 0.1) is 6.92 Å². The van der Waals surface area contributed by atoms with Gasteiger partial charge >= 0.3 is 5.97 Å². The number of aromatic nitrogens is 2. The maximum atomic E-state index is 11.4. The Morgan fingerprint density at radius 3 is 2.72 bits per heavy atom. The van der Waals surface area contributed by atoms with Gasteiger partial charge in [-0.1, -0.05) is 6.07 Å². The average molecular weight is 341 g/mol. The maximum absolute atomic E-state index is 11.4. The molecule has 0 spiro atoms. The number of aryl methyl sites for hydroxylation is 1. The van der Waals surface area contributed by atoms with E-state index in [9.17, 15) is 9.90 Å². The third-order valence-electron chi connectivity index (χ3n) is 4.38. The quantitative estimate of drug-likeness (QED) is 0.859. The van der Waals surface area contributed by atoms with Gasteiger partial charge in [0, 0.05) is 50.2 Å². The van der Waals surface area contributed by atoms with Crippen LogP contribution in [-0.4, -0.2) is 59.2 Å². The van der Waals surface area contributed by atoms with E-state index in [4.69, 9.17) is 0 Å². The predicted octanol–water partition coefficient (Wildman–Crippen LogP) is 1.85. The van der Waals surface area contributed by atoms with Gasteiger partial charge in [-0.05, 0) is 32.2 Å². The Morgan fingerprint density at radius 1 is 1.24 bits per heavy atom. The fraction of sp³-hybridized carbons (Fsp3) is 0.389. The Balaban J connectivity index is 1.78. The number of carbonyl (C=O) groups is 1. The summed E-state index contributed by atoms with van der Waals surface area (Å²) in [7, 11) is 2.12. The van der Waals surface area contributed by atoms with Crippen molar-refractivity contribution in [1.29, 1.82) is 0 Å². The number of aromatic carboxylic acids is 1. The van der Waals surface area contributed by atoms with Gasteiger partial charge in [-0.3, -0.25) is 0 Å². The lowest BCUT2D eigenvalue weighted by atomic mass is 10.2. The zero-order valence-electron chi connectivity index (χ0n) is 14.6. The van der Waals surface area contributed by atoms with Gasteiger partial charge in [0.1, 0.15) is 17.2 Å². The second-order valence-corrected chi connectivity index (χ2v) is 6.28. The van der Waals surface area contributed by atoms with Crippen molar-refractivity contribution in [3.8, 4) is 0 Å². The second-order valence-electron chi connectivity index (χ2n) is 6.28. The molecule has 3 rings (SSSR count). The Kier molecular flexibility index (Phi) is 5.14. The molecule has 132 valence electrons. The highest BCUT2D eigenvalue weighted by Gasteiger charge is 2.18. The van der Waals surface area contributed by atoms with Crippen LogP contribution in [0.4, 0.5) is 11.6 Å². The monoisotopic (exact) mass is 341 g/mol. The number of piperazine rings is 1. The molecule has 1 fully saturated rings. The molecule has 0 aromatic carbocycles. The molecule has 2 aromatic heterocycles. The summed E-state index contributed by atoms with van der Waals surface area (Å²) in [5.41, 5.74) is 1.99. The summed E-state index contributed by atoms with van der Waals surface area (Å²) in [6.07, 6.45) is 1.80. The maximum Gasteiger partial charge on any atom is 0.339 e. The Hall–Kier alpha value is -2.67. The Morgan fingerprint density at radius 2 is 2.00 bits per heavy atom. The molecule has 3 heterocycles. The summed E-state index contributed by atoms with van der Waals surface area (Å²) in [6, 6.07) is 7.20. The number of hydrogen-bond acceptors (Lipinski definition) is 6. The van der Waals surface area contributed by atoms with Gasteiger partial charge in [-0.15, -0.1) is 0 Å². The summed E-state index contributed by atoms with van der Waals surface area (Å²) in [5, 5.41) is 12.5. The molecule has 0 aliphatic carbocycles. The van der Waals surface area contributed by atoms with Crippen LogP contribution in [0.5, 0.6) is 0 Å². The third-order valence-corrected chi connectivity index (χ3v) is 4.38. The standard InChI is InChI=1S/C18H23N5O2/c1-13-5-6-15(18(24)25)16(21-13)20-12-14-4-3-7-19-17(14)23-10-8-22(2)9-11-23/h3-7H,8-12H2,1-2H3,(H,20,21)(H,24,25). The van der Waals surface area contributed by atoms with Gasteiger partial charge in [-0.25, -0.2) is 14.8 Å². The summed E-state index contributed by atoms with van der Waals surface area (Å²) in [4.78, 5) is 24.8. The number of rotatable bonds is 5. The van der Waals surface area contributed by atoms with E-state index in [1.807, 2.05) is 19.1 Å². The molecule has 0 radical (unpaired) electrons. The highest BCUT2D eigenvalue weighted by Crippen LogP contribution is 2.21. The number of pyridine rings is 2. The molecule has 1 saturated heterocycles. The molecule has 1 aliphatic heterocycles. The predicted molar refractivity (Wildman–Crippen MR) is 97.2 cm³/mol. The lowest BCUT2D eigenvalue weighted by Gasteiger charge is -2.34. The van der Waals surface area contributed by atoms with Gasteiger partial charge < -0.3 is 20.2 Å². The van der Waals surface area contributed by atoms with Gasteiger partial charge in [-0.2, -0.15) is 0 Å². The Labute approximate surface area is 147 Å².